The van der Waals surface area contributed by atoms with Gasteiger partial charge in [-0.2, -0.15) is 0 Å². The molecule has 3 aliphatic heterocycles. The van der Waals surface area contributed by atoms with Crippen molar-refractivity contribution in [1.29, 1.82) is 0 Å². The maximum absolute atomic E-state index is 12.5. The fraction of sp³-hybridized carbons (Fsp3) is 0.471. The van der Waals surface area contributed by atoms with Gasteiger partial charge in [-0.05, 0) is 25.0 Å². The number of anilines is 1. The zero-order valence-corrected chi connectivity index (χ0v) is 14.2. The number of carbonyl (C=O) groups is 3. The Bertz CT molecular complexity index is 781. The van der Waals surface area contributed by atoms with Crippen molar-refractivity contribution < 1.29 is 28.8 Å². The highest BCUT2D eigenvalue weighted by Crippen LogP contribution is 2.48. The van der Waals surface area contributed by atoms with Gasteiger partial charge >= 0.3 is 6.09 Å². The lowest BCUT2D eigenvalue weighted by atomic mass is 9.81. The first kappa shape index (κ1) is 17.4. The zero-order chi connectivity index (χ0) is 19.1. The molecule has 3 amide bonds. The Kier molecular flexibility index (Phi) is 4.27. The zero-order valence-electron chi connectivity index (χ0n) is 14.2. The van der Waals surface area contributed by atoms with E-state index in [-0.39, 0.29) is 42.9 Å². The number of nitro groups is 1. The standard InChI is InChI=1S/C17H17N3O7/c21-15-13-11-5-6-12(27-11)14(13)16(22)19(15)7-8-26-17(23)18-9-1-3-10(4-2-9)20(24)25/h1-4,11-14H,5-8H2,(H,18,23). The lowest BCUT2D eigenvalue weighted by Gasteiger charge is -2.17. The van der Waals surface area contributed by atoms with Crippen LogP contribution in [0.1, 0.15) is 12.8 Å². The van der Waals surface area contributed by atoms with Gasteiger partial charge in [-0.1, -0.05) is 0 Å². The molecule has 0 saturated carbocycles. The van der Waals surface area contributed by atoms with Crippen molar-refractivity contribution in [3.8, 4) is 0 Å². The summed E-state index contributed by atoms with van der Waals surface area (Å²) in [4.78, 5) is 47.9. The molecule has 0 radical (unpaired) electrons. The summed E-state index contributed by atoms with van der Waals surface area (Å²) < 4.78 is 10.7. The number of likely N-dealkylation sites (tertiary alicyclic amines) is 1. The molecule has 0 aliphatic carbocycles. The summed E-state index contributed by atoms with van der Waals surface area (Å²) >= 11 is 0. The Labute approximate surface area is 153 Å². The van der Waals surface area contributed by atoms with Gasteiger partial charge in [-0.25, -0.2) is 4.79 Å². The molecule has 4 atom stereocenters. The number of nitro benzene ring substituents is 1. The van der Waals surface area contributed by atoms with E-state index in [0.717, 1.165) is 17.7 Å². The molecule has 1 aromatic rings. The highest BCUT2D eigenvalue weighted by molar-refractivity contribution is 6.06. The van der Waals surface area contributed by atoms with Crippen LogP contribution in [0.5, 0.6) is 0 Å². The number of hydrogen-bond donors (Lipinski definition) is 1. The molecule has 4 rings (SSSR count). The van der Waals surface area contributed by atoms with Crippen LogP contribution < -0.4 is 5.32 Å². The first-order valence-electron chi connectivity index (χ1n) is 8.64. The Morgan fingerprint density at radius 1 is 1.19 bits per heavy atom. The van der Waals surface area contributed by atoms with Crippen molar-refractivity contribution in [1.82, 2.24) is 4.90 Å². The van der Waals surface area contributed by atoms with Crippen LogP contribution in [0.3, 0.4) is 0 Å². The predicted octanol–water partition coefficient (Wildman–Crippen LogP) is 1.31. The van der Waals surface area contributed by atoms with E-state index < -0.39 is 22.9 Å². The normalized spacial score (nSPS) is 28.4. The molecule has 10 nitrogen and oxygen atoms in total. The molecular formula is C17H17N3O7. The number of fused-ring (bicyclic) bond motifs is 5. The Morgan fingerprint density at radius 3 is 2.33 bits per heavy atom. The quantitative estimate of drug-likeness (QED) is 0.467. The molecule has 3 saturated heterocycles. The second kappa shape index (κ2) is 6.62. The number of imide groups is 1. The molecule has 1 N–H and O–H groups in total. The van der Waals surface area contributed by atoms with Gasteiger partial charge in [0.15, 0.2) is 0 Å². The fourth-order valence-corrected chi connectivity index (χ4v) is 4.04. The number of nitrogens with one attached hydrogen (secondary N) is 1. The molecule has 3 aliphatic rings. The first-order valence-corrected chi connectivity index (χ1v) is 8.64. The van der Waals surface area contributed by atoms with Crippen LogP contribution in [-0.2, 0) is 19.1 Å². The second-order valence-corrected chi connectivity index (χ2v) is 6.73. The molecular weight excluding hydrogens is 358 g/mol. The van der Waals surface area contributed by atoms with Crippen LogP contribution in [0.25, 0.3) is 0 Å². The van der Waals surface area contributed by atoms with Gasteiger partial charge in [-0.3, -0.25) is 29.9 Å². The molecule has 3 fully saturated rings. The topological polar surface area (TPSA) is 128 Å². The lowest BCUT2D eigenvalue weighted by molar-refractivity contribution is -0.384. The van der Waals surface area contributed by atoms with Crippen molar-refractivity contribution >= 4 is 29.3 Å². The number of amides is 3. The van der Waals surface area contributed by atoms with Gasteiger partial charge < -0.3 is 9.47 Å². The predicted molar refractivity (Wildman–Crippen MR) is 89.7 cm³/mol. The number of benzene rings is 1. The van der Waals surface area contributed by atoms with Gasteiger partial charge in [0.1, 0.15) is 6.61 Å². The summed E-state index contributed by atoms with van der Waals surface area (Å²) in [5.74, 6) is -1.30. The van der Waals surface area contributed by atoms with E-state index in [1.54, 1.807) is 0 Å². The second-order valence-electron chi connectivity index (χ2n) is 6.73. The van der Waals surface area contributed by atoms with Crippen LogP contribution in [0.2, 0.25) is 0 Å². The maximum Gasteiger partial charge on any atom is 0.411 e. The van der Waals surface area contributed by atoms with Crippen LogP contribution in [0.15, 0.2) is 24.3 Å². The average Bonchev–Trinajstić information content (AvgIpc) is 3.31. The smallest absolute Gasteiger partial charge is 0.411 e. The minimum absolute atomic E-state index is 0.00219. The van der Waals surface area contributed by atoms with Crippen molar-refractivity contribution in [2.45, 2.75) is 25.0 Å². The lowest BCUT2D eigenvalue weighted by Crippen LogP contribution is -2.37. The first-order chi connectivity index (χ1) is 13.0. The highest BCUT2D eigenvalue weighted by atomic mass is 16.6. The molecule has 27 heavy (non-hydrogen) atoms. The minimum atomic E-state index is -0.772. The van der Waals surface area contributed by atoms with Crippen LogP contribution in [0, 0.1) is 22.0 Å². The molecule has 2 bridgehead atoms. The summed E-state index contributed by atoms with van der Waals surface area (Å²) in [5.41, 5.74) is 0.241. The third-order valence-electron chi connectivity index (χ3n) is 5.25. The molecule has 0 spiro atoms. The number of nitrogens with zero attached hydrogens (tertiary/aromatic N) is 2. The van der Waals surface area contributed by atoms with Crippen molar-refractivity contribution in [2.75, 3.05) is 18.5 Å². The van der Waals surface area contributed by atoms with Crippen molar-refractivity contribution in [3.63, 3.8) is 0 Å². The number of rotatable bonds is 5. The summed E-state index contributed by atoms with van der Waals surface area (Å²) in [5, 5.41) is 13.0. The Balaban J connectivity index is 1.27. The largest absolute Gasteiger partial charge is 0.447 e. The summed E-state index contributed by atoms with van der Waals surface area (Å²) in [6.45, 7) is -0.135. The molecule has 10 heteroatoms. The SMILES string of the molecule is O=C(Nc1ccc([N+](=O)[O-])cc1)OCCN1C(=O)C2C3CCC(O3)C2C1=O. The third kappa shape index (κ3) is 3.01. The van der Waals surface area contributed by atoms with E-state index >= 15 is 0 Å². The molecule has 0 aromatic heterocycles. The van der Waals surface area contributed by atoms with E-state index in [0.29, 0.717) is 5.69 Å². The van der Waals surface area contributed by atoms with E-state index in [1.165, 1.54) is 24.3 Å². The van der Waals surface area contributed by atoms with Crippen LogP contribution in [-0.4, -0.2) is 53.1 Å². The Hall–Kier alpha value is -3.01. The van der Waals surface area contributed by atoms with Crippen molar-refractivity contribution in [2.24, 2.45) is 11.8 Å². The fourth-order valence-electron chi connectivity index (χ4n) is 4.04. The van der Waals surface area contributed by atoms with Gasteiger partial charge in [-0.15, -0.1) is 0 Å². The summed E-state index contributed by atoms with van der Waals surface area (Å²) in [6, 6.07) is 5.27. The highest BCUT2D eigenvalue weighted by Gasteiger charge is 2.62. The monoisotopic (exact) mass is 375 g/mol. The van der Waals surface area contributed by atoms with Gasteiger partial charge in [0.05, 0.1) is 35.5 Å². The van der Waals surface area contributed by atoms with E-state index in [4.69, 9.17) is 9.47 Å². The number of ether oxygens (including phenoxy) is 2. The number of hydrogen-bond acceptors (Lipinski definition) is 7. The maximum atomic E-state index is 12.5. The van der Waals surface area contributed by atoms with Crippen LogP contribution in [0.4, 0.5) is 16.2 Å². The average molecular weight is 375 g/mol. The molecule has 142 valence electrons. The van der Waals surface area contributed by atoms with E-state index in [1.807, 2.05) is 0 Å². The van der Waals surface area contributed by atoms with Gasteiger partial charge in [0.25, 0.3) is 5.69 Å². The molecule has 3 heterocycles. The number of non-ortho nitro benzene ring substituents is 1. The van der Waals surface area contributed by atoms with E-state index in [9.17, 15) is 24.5 Å². The van der Waals surface area contributed by atoms with Gasteiger partial charge in [0.2, 0.25) is 11.8 Å². The van der Waals surface area contributed by atoms with E-state index in [2.05, 4.69) is 5.32 Å². The Morgan fingerprint density at radius 2 is 1.78 bits per heavy atom. The van der Waals surface area contributed by atoms with Crippen LogP contribution >= 0.6 is 0 Å². The molecule has 4 unspecified atom stereocenters. The number of carbonyl (C=O) groups excluding carboxylic acids is 3. The molecule has 1 aromatic carbocycles. The summed E-state index contributed by atoms with van der Waals surface area (Å²) in [7, 11) is 0. The third-order valence-corrected chi connectivity index (χ3v) is 5.25. The minimum Gasteiger partial charge on any atom is -0.447 e. The summed E-state index contributed by atoms with van der Waals surface area (Å²) in [6.07, 6.45) is 0.479. The van der Waals surface area contributed by atoms with Gasteiger partial charge in [0, 0.05) is 17.8 Å². The van der Waals surface area contributed by atoms with Crippen molar-refractivity contribution in [3.05, 3.63) is 34.4 Å².